The second-order valence-electron chi connectivity index (χ2n) is 6.32. The number of carbonyl (C=O) groups excluding carboxylic acids is 2. The molecule has 1 amide bonds. The van der Waals surface area contributed by atoms with Crippen LogP contribution < -0.4 is 10.1 Å². The van der Waals surface area contributed by atoms with E-state index in [1.807, 2.05) is 37.3 Å². The van der Waals surface area contributed by atoms with Gasteiger partial charge < -0.3 is 14.8 Å². The summed E-state index contributed by atoms with van der Waals surface area (Å²) in [5, 5.41) is 13.6. The summed E-state index contributed by atoms with van der Waals surface area (Å²) < 4.78 is 10.0. The Labute approximate surface area is 162 Å². The Hall–Kier alpha value is -3.42. The van der Waals surface area contributed by atoms with Crippen molar-refractivity contribution in [1.29, 1.82) is 0 Å². The summed E-state index contributed by atoms with van der Waals surface area (Å²) >= 11 is 0. The molecule has 1 atom stereocenters. The zero-order valence-electron chi connectivity index (χ0n) is 15.9. The number of ether oxygens (including phenoxy) is 2. The second-order valence-corrected chi connectivity index (χ2v) is 6.32. The number of hydrogen-bond donors (Lipinski definition) is 1. The number of nitrogens with one attached hydrogen (secondary N) is 1. The van der Waals surface area contributed by atoms with Crippen LogP contribution >= 0.6 is 0 Å². The third kappa shape index (κ3) is 5.54. The predicted molar refractivity (Wildman–Crippen MR) is 103 cm³/mol. The molecule has 28 heavy (non-hydrogen) atoms. The maximum absolute atomic E-state index is 12.1. The van der Waals surface area contributed by atoms with E-state index in [1.165, 1.54) is 19.2 Å². The highest BCUT2D eigenvalue weighted by molar-refractivity contribution is 5.94. The highest BCUT2D eigenvalue weighted by atomic mass is 16.6. The molecule has 2 aromatic rings. The third-order valence-corrected chi connectivity index (χ3v) is 4.20. The van der Waals surface area contributed by atoms with Crippen LogP contribution in [0.3, 0.4) is 0 Å². The van der Waals surface area contributed by atoms with Crippen molar-refractivity contribution in [3.63, 3.8) is 0 Å². The van der Waals surface area contributed by atoms with E-state index in [4.69, 9.17) is 9.47 Å². The van der Waals surface area contributed by atoms with Gasteiger partial charge in [0.1, 0.15) is 0 Å². The third-order valence-electron chi connectivity index (χ3n) is 4.20. The van der Waals surface area contributed by atoms with Gasteiger partial charge in [-0.05, 0) is 24.0 Å². The minimum absolute atomic E-state index is 0.0274. The van der Waals surface area contributed by atoms with Gasteiger partial charge in [-0.15, -0.1) is 0 Å². The standard InChI is InChI=1S/C20H22N2O6/c1-13(15-7-5-4-6-8-15)10-20(24)28-12-19(23)21-16-11-18(27-3)17(22(25)26)9-14(16)2/h4-9,11,13H,10,12H2,1-3H3,(H,21,23)/t13-/m0/s1. The van der Waals surface area contributed by atoms with Crippen molar-refractivity contribution < 1.29 is 24.0 Å². The molecule has 0 saturated heterocycles. The maximum atomic E-state index is 12.1. The maximum Gasteiger partial charge on any atom is 0.311 e. The number of benzene rings is 2. The number of esters is 1. The first kappa shape index (κ1) is 20.9. The fourth-order valence-electron chi connectivity index (χ4n) is 2.65. The van der Waals surface area contributed by atoms with Crippen LogP contribution in [-0.2, 0) is 14.3 Å². The van der Waals surface area contributed by atoms with Gasteiger partial charge in [-0.1, -0.05) is 37.3 Å². The van der Waals surface area contributed by atoms with Crippen LogP contribution in [0.4, 0.5) is 11.4 Å². The first-order valence-electron chi connectivity index (χ1n) is 8.65. The van der Waals surface area contributed by atoms with Gasteiger partial charge in [-0.25, -0.2) is 0 Å². The molecule has 0 fully saturated rings. The Bertz CT molecular complexity index is 866. The summed E-state index contributed by atoms with van der Waals surface area (Å²) in [5.41, 5.74) is 1.66. The zero-order valence-corrected chi connectivity index (χ0v) is 15.9. The summed E-state index contributed by atoms with van der Waals surface area (Å²) in [5.74, 6) is -1.03. The molecule has 0 aliphatic rings. The molecule has 2 aromatic carbocycles. The van der Waals surface area contributed by atoms with Crippen LogP contribution in [0, 0.1) is 17.0 Å². The molecule has 0 aromatic heterocycles. The van der Waals surface area contributed by atoms with Gasteiger partial charge in [-0.2, -0.15) is 0 Å². The number of aryl methyl sites for hydroxylation is 1. The van der Waals surface area contributed by atoms with E-state index in [0.717, 1.165) is 5.56 Å². The first-order valence-corrected chi connectivity index (χ1v) is 8.65. The average molecular weight is 386 g/mol. The van der Waals surface area contributed by atoms with Crippen molar-refractivity contribution in [3.8, 4) is 5.75 Å². The Morgan fingerprint density at radius 1 is 1.21 bits per heavy atom. The first-order chi connectivity index (χ1) is 13.3. The lowest BCUT2D eigenvalue weighted by Crippen LogP contribution is -2.22. The van der Waals surface area contributed by atoms with Crippen molar-refractivity contribution in [2.24, 2.45) is 0 Å². The summed E-state index contributed by atoms with van der Waals surface area (Å²) in [6.45, 7) is 3.08. The molecular weight excluding hydrogens is 364 g/mol. The summed E-state index contributed by atoms with van der Waals surface area (Å²) in [6, 6.07) is 12.2. The lowest BCUT2D eigenvalue weighted by molar-refractivity contribution is -0.385. The number of nitro benzene ring substituents is 1. The van der Waals surface area contributed by atoms with Crippen LogP contribution in [0.15, 0.2) is 42.5 Å². The van der Waals surface area contributed by atoms with Crippen molar-refractivity contribution in [1.82, 2.24) is 0 Å². The Kier molecular flexibility index (Phi) is 7.08. The number of nitrogens with zero attached hydrogens (tertiary/aromatic N) is 1. The van der Waals surface area contributed by atoms with Gasteiger partial charge in [0.15, 0.2) is 12.4 Å². The van der Waals surface area contributed by atoms with E-state index in [-0.39, 0.29) is 23.8 Å². The fourth-order valence-corrected chi connectivity index (χ4v) is 2.65. The normalized spacial score (nSPS) is 11.4. The summed E-state index contributed by atoms with van der Waals surface area (Å²) in [4.78, 5) is 34.5. The molecule has 0 saturated carbocycles. The molecule has 0 spiro atoms. The molecular formula is C20H22N2O6. The quantitative estimate of drug-likeness (QED) is 0.422. The van der Waals surface area contributed by atoms with Crippen LogP contribution in [0.1, 0.15) is 30.4 Å². The molecule has 8 heteroatoms. The van der Waals surface area contributed by atoms with Crippen molar-refractivity contribution in [3.05, 3.63) is 63.7 Å². The molecule has 0 radical (unpaired) electrons. The number of carbonyl (C=O) groups is 2. The number of amides is 1. The van der Waals surface area contributed by atoms with Gasteiger partial charge in [0, 0.05) is 17.8 Å². The van der Waals surface area contributed by atoms with Gasteiger partial charge in [-0.3, -0.25) is 19.7 Å². The van der Waals surface area contributed by atoms with Crippen LogP contribution in [0.2, 0.25) is 0 Å². The van der Waals surface area contributed by atoms with Crippen molar-refractivity contribution >= 4 is 23.3 Å². The molecule has 1 N–H and O–H groups in total. The van der Waals surface area contributed by atoms with E-state index < -0.39 is 23.4 Å². The van der Waals surface area contributed by atoms with Crippen molar-refractivity contribution in [2.75, 3.05) is 19.0 Å². The molecule has 0 aliphatic carbocycles. The smallest absolute Gasteiger partial charge is 0.311 e. The molecule has 0 aliphatic heterocycles. The van der Waals surface area contributed by atoms with Crippen LogP contribution in [0.25, 0.3) is 0 Å². The molecule has 0 unspecified atom stereocenters. The summed E-state index contributed by atoms with van der Waals surface area (Å²) in [7, 11) is 1.30. The van der Waals surface area contributed by atoms with E-state index in [0.29, 0.717) is 11.3 Å². The largest absolute Gasteiger partial charge is 0.490 e. The predicted octanol–water partition coefficient (Wildman–Crippen LogP) is 3.59. The lowest BCUT2D eigenvalue weighted by atomic mass is 9.98. The highest BCUT2D eigenvalue weighted by Crippen LogP contribution is 2.32. The molecule has 2 rings (SSSR count). The van der Waals surface area contributed by atoms with Gasteiger partial charge in [0.05, 0.1) is 18.5 Å². The van der Waals surface area contributed by atoms with Gasteiger partial charge >= 0.3 is 11.7 Å². The number of anilines is 1. The molecule has 0 heterocycles. The lowest BCUT2D eigenvalue weighted by Gasteiger charge is -2.13. The molecule has 0 bridgehead atoms. The molecule has 8 nitrogen and oxygen atoms in total. The SMILES string of the molecule is COc1cc(NC(=O)COC(=O)C[C@H](C)c2ccccc2)c(C)cc1[N+](=O)[O-]. The van der Waals surface area contributed by atoms with E-state index >= 15 is 0 Å². The van der Waals surface area contributed by atoms with E-state index in [2.05, 4.69) is 5.32 Å². The number of methoxy groups -OCH3 is 1. The topological polar surface area (TPSA) is 108 Å². The second kappa shape index (κ2) is 9.50. The highest BCUT2D eigenvalue weighted by Gasteiger charge is 2.19. The zero-order chi connectivity index (χ0) is 20.7. The number of hydrogen-bond acceptors (Lipinski definition) is 6. The van der Waals surface area contributed by atoms with Gasteiger partial charge in [0.25, 0.3) is 5.91 Å². The fraction of sp³-hybridized carbons (Fsp3) is 0.300. The van der Waals surface area contributed by atoms with E-state index in [1.54, 1.807) is 6.92 Å². The number of rotatable bonds is 8. The van der Waals surface area contributed by atoms with E-state index in [9.17, 15) is 19.7 Å². The van der Waals surface area contributed by atoms with Crippen molar-refractivity contribution in [2.45, 2.75) is 26.2 Å². The monoisotopic (exact) mass is 386 g/mol. The minimum Gasteiger partial charge on any atom is -0.490 e. The summed E-state index contributed by atoms with van der Waals surface area (Å²) in [6.07, 6.45) is 0.154. The molecule has 148 valence electrons. The van der Waals surface area contributed by atoms with Gasteiger partial charge in [0.2, 0.25) is 0 Å². The Morgan fingerprint density at radius 3 is 2.50 bits per heavy atom. The minimum atomic E-state index is -0.562. The Morgan fingerprint density at radius 2 is 1.89 bits per heavy atom. The van der Waals surface area contributed by atoms with Crippen LogP contribution in [-0.4, -0.2) is 30.5 Å². The Balaban J connectivity index is 1.92. The van der Waals surface area contributed by atoms with Crippen LogP contribution in [0.5, 0.6) is 5.75 Å². The number of nitro groups is 1. The average Bonchev–Trinajstić information content (AvgIpc) is 2.68.